The molecule has 0 unspecified atom stereocenters. The quantitative estimate of drug-likeness (QED) is 0.556. The second-order valence-electron chi connectivity index (χ2n) is 5.79. The van der Waals surface area contributed by atoms with Crippen LogP contribution in [0.15, 0.2) is 57.3 Å². The fraction of sp³-hybridized carbons (Fsp3) is 0.222. The smallest absolute Gasteiger partial charge is 0.324 e. The number of esters is 1. The lowest BCUT2D eigenvalue weighted by molar-refractivity contribution is -0.146. The van der Waals surface area contributed by atoms with Crippen molar-refractivity contribution in [2.24, 2.45) is 0 Å². The van der Waals surface area contributed by atoms with Gasteiger partial charge in [-0.2, -0.15) is 4.72 Å². The van der Waals surface area contributed by atoms with Gasteiger partial charge < -0.3 is 14.0 Å². The zero-order valence-corrected chi connectivity index (χ0v) is 16.7. The van der Waals surface area contributed by atoms with E-state index < -0.39 is 22.0 Å². The van der Waals surface area contributed by atoms with Crippen LogP contribution in [0.4, 0.5) is 0 Å². The Hall–Kier alpha value is -2.69. The van der Waals surface area contributed by atoms with Crippen LogP contribution in [-0.4, -0.2) is 32.7 Å². The second kappa shape index (κ2) is 8.55. The third-order valence-electron chi connectivity index (χ3n) is 3.74. The topological polar surface area (TPSA) is 108 Å². The summed E-state index contributed by atoms with van der Waals surface area (Å²) in [6, 6.07) is 10.2. The minimum absolute atomic E-state index is 0.0186. The summed E-state index contributed by atoms with van der Waals surface area (Å²) in [6.45, 7) is 1.28. The van der Waals surface area contributed by atoms with Gasteiger partial charge in [-0.05, 0) is 42.6 Å². The number of nitrogens with one attached hydrogen (secondary N) is 1. The average Bonchev–Trinajstić information content (AvgIpc) is 3.37. The molecule has 2 aromatic heterocycles. The summed E-state index contributed by atoms with van der Waals surface area (Å²) in [5.41, 5.74) is 0.432. The minimum Gasteiger partial charge on any atom is -0.497 e. The molecule has 0 saturated heterocycles. The number of rotatable bonds is 8. The van der Waals surface area contributed by atoms with Crippen molar-refractivity contribution in [2.75, 3.05) is 7.11 Å². The summed E-state index contributed by atoms with van der Waals surface area (Å²) in [4.78, 5) is 13.1. The van der Waals surface area contributed by atoms with Crippen LogP contribution in [0.1, 0.15) is 12.6 Å². The number of carbonyl (C=O) groups excluding carboxylic acids is 1. The van der Waals surface area contributed by atoms with Crippen LogP contribution in [-0.2, 0) is 26.2 Å². The predicted molar refractivity (Wildman–Crippen MR) is 102 cm³/mol. The molecule has 2 heterocycles. The van der Waals surface area contributed by atoms with E-state index in [2.05, 4.69) is 9.88 Å². The van der Waals surface area contributed by atoms with Gasteiger partial charge in [0.2, 0.25) is 10.0 Å². The highest BCUT2D eigenvalue weighted by molar-refractivity contribution is 7.89. The van der Waals surface area contributed by atoms with Crippen molar-refractivity contribution in [1.29, 1.82) is 0 Å². The Kier molecular flexibility index (Phi) is 6.12. The Balaban J connectivity index is 1.56. The maximum Gasteiger partial charge on any atom is 0.324 e. The van der Waals surface area contributed by atoms with E-state index in [-0.39, 0.29) is 11.5 Å². The summed E-state index contributed by atoms with van der Waals surface area (Å²) in [7, 11) is -2.39. The molecule has 1 atom stereocenters. The lowest BCUT2D eigenvalue weighted by Crippen LogP contribution is -2.39. The molecule has 10 heteroatoms. The van der Waals surface area contributed by atoms with Crippen molar-refractivity contribution in [2.45, 2.75) is 24.5 Å². The molecule has 0 amide bonds. The molecule has 0 bridgehead atoms. The van der Waals surface area contributed by atoms with Gasteiger partial charge in [-0.1, -0.05) is 11.2 Å². The molecule has 8 nitrogen and oxygen atoms in total. The molecule has 0 saturated carbocycles. The van der Waals surface area contributed by atoms with E-state index in [1.807, 2.05) is 17.5 Å². The molecule has 0 aliphatic rings. The van der Waals surface area contributed by atoms with E-state index in [0.29, 0.717) is 17.2 Å². The summed E-state index contributed by atoms with van der Waals surface area (Å²) >= 11 is 1.50. The predicted octanol–water partition coefficient (Wildman–Crippen LogP) is 2.82. The van der Waals surface area contributed by atoms with Gasteiger partial charge in [-0.3, -0.25) is 4.79 Å². The van der Waals surface area contributed by atoms with Crippen LogP contribution in [0.3, 0.4) is 0 Å². The Bertz CT molecular complexity index is 1030. The molecular weight excluding hydrogens is 404 g/mol. The van der Waals surface area contributed by atoms with Crippen LogP contribution < -0.4 is 9.46 Å². The number of sulfonamides is 1. The normalized spacial score (nSPS) is 12.5. The summed E-state index contributed by atoms with van der Waals surface area (Å²) < 4.78 is 42.4. The SMILES string of the molecule is COc1ccc(S(=O)(=O)N[C@@H](C)C(=O)OCc2cc(-c3cccs3)on2)cc1. The maximum absolute atomic E-state index is 12.4. The Morgan fingerprint density at radius 3 is 2.68 bits per heavy atom. The third-order valence-corrected chi connectivity index (χ3v) is 6.18. The van der Waals surface area contributed by atoms with Crippen LogP contribution in [0, 0.1) is 0 Å². The number of thiophene rings is 1. The van der Waals surface area contributed by atoms with Crippen molar-refractivity contribution in [3.8, 4) is 16.4 Å². The first-order valence-electron chi connectivity index (χ1n) is 8.21. The van der Waals surface area contributed by atoms with Gasteiger partial charge >= 0.3 is 5.97 Å². The van der Waals surface area contributed by atoms with E-state index in [4.69, 9.17) is 14.0 Å². The number of aromatic nitrogens is 1. The van der Waals surface area contributed by atoms with Crippen LogP contribution in [0.25, 0.3) is 10.6 Å². The summed E-state index contributed by atoms with van der Waals surface area (Å²) in [6.07, 6.45) is 0. The van der Waals surface area contributed by atoms with Crippen molar-refractivity contribution >= 4 is 27.3 Å². The largest absolute Gasteiger partial charge is 0.497 e. The lowest BCUT2D eigenvalue weighted by Gasteiger charge is -2.13. The standard InChI is InChI=1S/C18H18N2O6S2/c1-12(20-28(22,23)15-7-5-14(24-2)6-8-15)18(21)25-11-13-10-16(26-19-13)17-4-3-9-27-17/h3-10,12,20H,11H2,1-2H3/t12-/m0/s1. The van der Waals surface area contributed by atoms with Crippen LogP contribution in [0.5, 0.6) is 5.75 Å². The molecule has 0 spiro atoms. The molecule has 0 fully saturated rings. The van der Waals surface area contributed by atoms with E-state index in [0.717, 1.165) is 4.88 Å². The molecule has 1 N–H and O–H groups in total. The molecule has 3 aromatic rings. The highest BCUT2D eigenvalue weighted by Crippen LogP contribution is 2.25. The van der Waals surface area contributed by atoms with Gasteiger partial charge in [-0.25, -0.2) is 8.42 Å². The average molecular weight is 422 g/mol. The zero-order chi connectivity index (χ0) is 20.1. The maximum atomic E-state index is 12.4. The number of benzene rings is 1. The first-order chi connectivity index (χ1) is 13.4. The Morgan fingerprint density at radius 1 is 1.29 bits per heavy atom. The minimum atomic E-state index is -3.88. The number of hydrogen-bond donors (Lipinski definition) is 1. The third kappa shape index (κ3) is 4.77. The van der Waals surface area contributed by atoms with Crippen molar-refractivity contribution in [3.05, 3.63) is 53.5 Å². The van der Waals surface area contributed by atoms with Crippen molar-refractivity contribution in [3.63, 3.8) is 0 Å². The van der Waals surface area contributed by atoms with Gasteiger partial charge in [0.15, 0.2) is 5.76 Å². The van der Waals surface area contributed by atoms with Gasteiger partial charge in [-0.15, -0.1) is 11.3 Å². The van der Waals surface area contributed by atoms with Crippen molar-refractivity contribution < 1.29 is 27.2 Å². The Labute approximate surface area is 166 Å². The number of nitrogens with zero attached hydrogens (tertiary/aromatic N) is 1. The molecule has 0 aliphatic carbocycles. The Morgan fingerprint density at radius 2 is 2.04 bits per heavy atom. The summed E-state index contributed by atoms with van der Waals surface area (Å²) in [5.74, 6) is 0.382. The number of methoxy groups -OCH3 is 1. The zero-order valence-electron chi connectivity index (χ0n) is 15.1. The van der Waals surface area contributed by atoms with Crippen LogP contribution >= 0.6 is 11.3 Å². The molecule has 148 valence electrons. The highest BCUT2D eigenvalue weighted by atomic mass is 32.2. The van der Waals surface area contributed by atoms with E-state index >= 15 is 0 Å². The lowest BCUT2D eigenvalue weighted by atomic mass is 10.3. The molecule has 3 rings (SSSR count). The molecule has 0 aliphatic heterocycles. The highest BCUT2D eigenvalue weighted by Gasteiger charge is 2.23. The van der Waals surface area contributed by atoms with E-state index in [9.17, 15) is 13.2 Å². The van der Waals surface area contributed by atoms with Gasteiger partial charge in [0.05, 0.1) is 16.9 Å². The fourth-order valence-corrected chi connectivity index (χ4v) is 4.15. The molecule has 28 heavy (non-hydrogen) atoms. The van der Waals surface area contributed by atoms with Gasteiger partial charge in [0.25, 0.3) is 0 Å². The van der Waals surface area contributed by atoms with Crippen LogP contribution in [0.2, 0.25) is 0 Å². The van der Waals surface area contributed by atoms with Crippen molar-refractivity contribution in [1.82, 2.24) is 9.88 Å². The molecule has 0 radical (unpaired) electrons. The number of carbonyl (C=O) groups is 1. The van der Waals surface area contributed by atoms with Gasteiger partial charge in [0.1, 0.15) is 24.1 Å². The molecule has 1 aromatic carbocycles. The molecular formula is C18H18N2O6S2. The van der Waals surface area contributed by atoms with E-state index in [1.54, 1.807) is 6.07 Å². The first kappa shape index (κ1) is 20.1. The summed E-state index contributed by atoms with van der Waals surface area (Å²) in [5, 5.41) is 5.76. The van der Waals surface area contributed by atoms with E-state index in [1.165, 1.54) is 49.6 Å². The van der Waals surface area contributed by atoms with Gasteiger partial charge in [0, 0.05) is 6.07 Å². The first-order valence-corrected chi connectivity index (χ1v) is 10.6. The fourth-order valence-electron chi connectivity index (χ4n) is 2.29. The number of hydrogen-bond acceptors (Lipinski definition) is 8. The second-order valence-corrected chi connectivity index (χ2v) is 8.45. The number of ether oxygens (including phenoxy) is 2. The monoisotopic (exact) mass is 422 g/mol.